The highest BCUT2D eigenvalue weighted by Crippen LogP contribution is 2.30. The van der Waals surface area contributed by atoms with Crippen LogP contribution in [0.15, 0.2) is 23.2 Å². The van der Waals surface area contributed by atoms with Crippen LogP contribution < -0.4 is 0 Å². The van der Waals surface area contributed by atoms with Crippen LogP contribution in [-0.2, 0) is 0 Å². The lowest BCUT2D eigenvalue weighted by molar-refractivity contribution is 0.776. The van der Waals surface area contributed by atoms with Gasteiger partial charge in [0.25, 0.3) is 0 Å². The number of nitrogens with zero attached hydrogens (tertiary/aromatic N) is 4. The summed E-state index contributed by atoms with van der Waals surface area (Å²) in [6, 6.07) is 0. The molecule has 0 N–H and O–H groups in total. The van der Waals surface area contributed by atoms with Crippen LogP contribution in [0.4, 0.5) is 0 Å². The van der Waals surface area contributed by atoms with Crippen molar-refractivity contribution in [3.63, 3.8) is 0 Å². The molecule has 0 spiro atoms. The van der Waals surface area contributed by atoms with Gasteiger partial charge in [-0.1, -0.05) is 166 Å². The quantitative estimate of drug-likeness (QED) is 0.178. The van der Waals surface area contributed by atoms with Crippen molar-refractivity contribution in [1.82, 2.24) is 17.5 Å². The lowest BCUT2D eigenvalue weighted by Gasteiger charge is -2.07. The molecule has 4 nitrogen and oxygen atoms in total. The number of rotatable bonds is 8. The van der Waals surface area contributed by atoms with Crippen LogP contribution in [0, 0.1) is 0 Å². The Kier molecular flexibility index (Phi) is 37.5. The van der Waals surface area contributed by atoms with Crippen molar-refractivity contribution in [1.29, 1.82) is 0 Å². The summed E-state index contributed by atoms with van der Waals surface area (Å²) in [6.45, 7) is 51.4. The van der Waals surface area contributed by atoms with E-state index >= 15 is 0 Å². The average molecular weight is 797 g/mol. The molecule has 4 rings (SSSR count). The van der Waals surface area contributed by atoms with Crippen LogP contribution in [0.2, 0.25) is 0 Å². The molecular formula is C44H84N4S4. The molecule has 8 heteroatoms. The van der Waals surface area contributed by atoms with Gasteiger partial charge >= 0.3 is 0 Å². The molecular weight excluding hydrogens is 713 g/mol. The van der Waals surface area contributed by atoms with Gasteiger partial charge in [-0.15, -0.1) is 0 Å². The summed E-state index contributed by atoms with van der Waals surface area (Å²) in [5.41, 5.74) is 8.25. The molecule has 0 saturated heterocycles. The standard InChI is InChI=1S/4C9H15NS.4C2H6/c2*1-6(2)8-5-11-10-9(8)7(3)4;2*1-6(2)8-5-10-11-9(8)7(3)4;4*1-2/h4*5-7H,1-4H3;4*1-2H3. The highest BCUT2D eigenvalue weighted by Gasteiger charge is 2.14. The molecule has 4 aromatic heterocycles. The highest BCUT2D eigenvalue weighted by atomic mass is 32.1. The Hall–Kier alpha value is -1.48. The van der Waals surface area contributed by atoms with Gasteiger partial charge in [0.05, 0.1) is 11.4 Å². The second-order valence-electron chi connectivity index (χ2n) is 13.8. The molecule has 0 atom stereocenters. The van der Waals surface area contributed by atoms with Gasteiger partial charge in [0.2, 0.25) is 0 Å². The average Bonchev–Trinajstić information content (AvgIpc) is 3.95. The molecule has 0 saturated carbocycles. The van der Waals surface area contributed by atoms with Crippen LogP contribution in [0.25, 0.3) is 0 Å². The molecule has 0 amide bonds. The fourth-order valence-electron chi connectivity index (χ4n) is 4.50. The van der Waals surface area contributed by atoms with Gasteiger partial charge in [-0.05, 0) is 116 Å². The van der Waals surface area contributed by atoms with Gasteiger partial charge in [0.1, 0.15) is 0 Å². The van der Waals surface area contributed by atoms with Crippen LogP contribution in [0.3, 0.4) is 0 Å². The number of hydrogen-bond donors (Lipinski definition) is 0. The molecule has 0 radical (unpaired) electrons. The zero-order valence-corrected chi connectivity index (χ0v) is 41.6. The van der Waals surface area contributed by atoms with Gasteiger partial charge in [0.15, 0.2) is 0 Å². The summed E-state index contributed by atoms with van der Waals surface area (Å²) in [6.07, 6.45) is 4.01. The molecule has 0 aliphatic heterocycles. The monoisotopic (exact) mass is 797 g/mol. The fourth-order valence-corrected chi connectivity index (χ4v) is 8.25. The maximum absolute atomic E-state index is 4.38. The smallest absolute Gasteiger partial charge is 0.0602 e. The first kappa shape index (κ1) is 57.2. The van der Waals surface area contributed by atoms with E-state index in [4.69, 9.17) is 0 Å². The van der Waals surface area contributed by atoms with Crippen molar-refractivity contribution in [2.24, 2.45) is 0 Å². The van der Waals surface area contributed by atoms with Crippen molar-refractivity contribution in [3.05, 3.63) is 66.5 Å². The second kappa shape index (κ2) is 34.0. The summed E-state index contributed by atoms with van der Waals surface area (Å²) in [7, 11) is 0. The van der Waals surface area contributed by atoms with Gasteiger partial charge in [0, 0.05) is 32.9 Å². The Labute approximate surface area is 341 Å². The molecule has 0 aliphatic rings. The molecule has 0 aromatic carbocycles. The minimum Gasteiger partial charge on any atom is -0.201 e. The molecule has 52 heavy (non-hydrogen) atoms. The molecule has 4 aromatic rings. The zero-order chi connectivity index (χ0) is 41.7. The molecule has 0 unspecified atom stereocenters. The number of hydrogen-bond acceptors (Lipinski definition) is 8. The number of aromatic nitrogens is 4. The SMILES string of the molecule is CC.CC.CC.CC.CC(C)c1cnsc1C(C)C.CC(C)c1cnsc1C(C)C.CC(C)c1csnc1C(C)C.CC(C)c1csnc1C(C)C. The van der Waals surface area contributed by atoms with E-state index < -0.39 is 0 Å². The zero-order valence-electron chi connectivity index (χ0n) is 38.4. The fraction of sp³-hybridized carbons (Fsp3) is 0.727. The predicted molar refractivity (Wildman–Crippen MR) is 247 cm³/mol. The summed E-state index contributed by atoms with van der Waals surface area (Å²) >= 11 is 6.42. The Morgan fingerprint density at radius 3 is 0.750 bits per heavy atom. The van der Waals surface area contributed by atoms with Crippen LogP contribution in [-0.4, -0.2) is 17.5 Å². The normalized spacial score (nSPS) is 10.2. The summed E-state index contributed by atoms with van der Waals surface area (Å²) in [5.74, 6) is 4.85. The van der Waals surface area contributed by atoms with E-state index in [1.165, 1.54) is 43.4 Å². The Bertz CT molecular complexity index is 1010. The second-order valence-corrected chi connectivity index (χ2v) is 16.8. The van der Waals surface area contributed by atoms with Crippen molar-refractivity contribution in [2.45, 2.75) is 214 Å². The first-order valence-corrected chi connectivity index (χ1v) is 23.5. The molecule has 304 valence electrons. The van der Waals surface area contributed by atoms with E-state index in [1.54, 1.807) is 46.1 Å². The van der Waals surface area contributed by atoms with Gasteiger partial charge in [-0.25, -0.2) is 8.75 Å². The van der Waals surface area contributed by atoms with E-state index in [0.717, 1.165) is 0 Å². The van der Waals surface area contributed by atoms with E-state index in [0.29, 0.717) is 47.3 Å². The Balaban J connectivity index is -0.000000277. The minimum absolute atomic E-state index is 0.568. The third-order valence-corrected chi connectivity index (χ3v) is 10.7. The minimum atomic E-state index is 0.568. The van der Waals surface area contributed by atoms with Crippen molar-refractivity contribution >= 4 is 46.1 Å². The van der Waals surface area contributed by atoms with Crippen molar-refractivity contribution in [3.8, 4) is 0 Å². The Morgan fingerprint density at radius 1 is 0.346 bits per heavy atom. The summed E-state index contributed by atoms with van der Waals surface area (Å²) in [4.78, 5) is 2.89. The van der Waals surface area contributed by atoms with E-state index in [-0.39, 0.29) is 0 Å². The predicted octanol–water partition coefficient (Wildman–Crippen LogP) is 17.7. The van der Waals surface area contributed by atoms with E-state index in [1.807, 2.05) is 67.8 Å². The van der Waals surface area contributed by atoms with E-state index in [2.05, 4.69) is 139 Å². The van der Waals surface area contributed by atoms with Crippen molar-refractivity contribution < 1.29 is 0 Å². The van der Waals surface area contributed by atoms with Crippen LogP contribution >= 0.6 is 46.1 Å². The largest absolute Gasteiger partial charge is 0.201 e. The topological polar surface area (TPSA) is 51.6 Å². The third-order valence-electron chi connectivity index (χ3n) is 7.14. The Morgan fingerprint density at radius 2 is 0.596 bits per heavy atom. The lowest BCUT2D eigenvalue weighted by Crippen LogP contribution is -1.95. The molecule has 0 fully saturated rings. The van der Waals surface area contributed by atoms with Gasteiger partial charge in [-0.3, -0.25) is 0 Å². The lowest BCUT2D eigenvalue weighted by atomic mass is 9.98. The highest BCUT2D eigenvalue weighted by molar-refractivity contribution is 7.06. The molecule has 0 bridgehead atoms. The maximum atomic E-state index is 4.38. The summed E-state index contributed by atoms with van der Waals surface area (Å²) < 4.78 is 17.2. The van der Waals surface area contributed by atoms with Gasteiger partial charge < -0.3 is 0 Å². The first-order valence-electron chi connectivity index (χ1n) is 20.3. The maximum Gasteiger partial charge on any atom is 0.0602 e. The first-order chi connectivity index (χ1) is 24.5. The molecule has 4 heterocycles. The summed E-state index contributed by atoms with van der Waals surface area (Å²) in [5, 5.41) is 4.33. The molecule has 0 aliphatic carbocycles. The van der Waals surface area contributed by atoms with Crippen molar-refractivity contribution in [2.75, 3.05) is 0 Å². The van der Waals surface area contributed by atoms with Crippen LogP contribution in [0.1, 0.15) is 257 Å². The third kappa shape index (κ3) is 22.0. The van der Waals surface area contributed by atoms with Gasteiger partial charge in [-0.2, -0.15) is 8.75 Å². The van der Waals surface area contributed by atoms with Crippen LogP contribution in [0.5, 0.6) is 0 Å². The van der Waals surface area contributed by atoms with E-state index in [9.17, 15) is 0 Å².